The molecule has 26 heavy (non-hydrogen) atoms. The Bertz CT molecular complexity index is 1060. The Hall–Kier alpha value is -3.19. The summed E-state index contributed by atoms with van der Waals surface area (Å²) in [7, 11) is 1.98. The van der Waals surface area contributed by atoms with Gasteiger partial charge in [-0.15, -0.1) is 0 Å². The molecule has 0 saturated heterocycles. The second kappa shape index (κ2) is 6.61. The second-order valence-electron chi connectivity index (χ2n) is 6.19. The molecule has 0 radical (unpaired) electrons. The van der Waals surface area contributed by atoms with Gasteiger partial charge in [-0.1, -0.05) is 0 Å². The number of carbonyl (C=O) groups excluding carboxylic acids is 1. The summed E-state index contributed by atoms with van der Waals surface area (Å²) >= 11 is 0. The summed E-state index contributed by atoms with van der Waals surface area (Å²) in [6.07, 6.45) is 5.89. The maximum atomic E-state index is 12.3. The number of nitrogens with zero attached hydrogens (tertiary/aromatic N) is 3. The Morgan fingerprint density at radius 1 is 1.27 bits per heavy atom. The maximum absolute atomic E-state index is 12.3. The smallest absolute Gasteiger partial charge is 0.251 e. The van der Waals surface area contributed by atoms with E-state index in [9.17, 15) is 4.79 Å². The van der Waals surface area contributed by atoms with Gasteiger partial charge in [0.15, 0.2) is 5.65 Å². The minimum absolute atomic E-state index is 0.0601. The number of aromatic nitrogens is 4. The van der Waals surface area contributed by atoms with Crippen LogP contribution >= 0.6 is 0 Å². The summed E-state index contributed by atoms with van der Waals surface area (Å²) in [5.74, 6) is -0.143. The van der Waals surface area contributed by atoms with E-state index in [1.807, 2.05) is 42.1 Å². The topological polar surface area (TPSA) is 95.8 Å². The summed E-state index contributed by atoms with van der Waals surface area (Å²) in [6, 6.07) is 7.62. The van der Waals surface area contributed by atoms with E-state index in [-0.39, 0.29) is 12.5 Å². The number of carbonyl (C=O) groups is 1. The second-order valence-corrected chi connectivity index (χ2v) is 6.19. The number of nitrogens with one attached hydrogen (secondary N) is 2. The standard InChI is InChI=1S/C19H19N5O2/c1-24-11-14(15-10-16-18(23-15)21-7-6-20-16)13-9-12(3-4-17(13)24)19(26)22-5-2-8-25/h3-4,6-7,9-11,25H,2,5,8H2,1H3,(H,21,23)(H,22,26). The van der Waals surface area contributed by atoms with E-state index >= 15 is 0 Å². The molecule has 1 aromatic carbocycles. The molecule has 1 amide bonds. The molecule has 0 fully saturated rings. The number of benzene rings is 1. The first kappa shape index (κ1) is 16.3. The van der Waals surface area contributed by atoms with Gasteiger partial charge >= 0.3 is 0 Å². The molecule has 0 aliphatic heterocycles. The van der Waals surface area contributed by atoms with E-state index in [4.69, 9.17) is 5.11 Å². The first-order valence-corrected chi connectivity index (χ1v) is 8.45. The molecule has 0 unspecified atom stereocenters. The Morgan fingerprint density at radius 3 is 2.92 bits per heavy atom. The average molecular weight is 349 g/mol. The van der Waals surface area contributed by atoms with Gasteiger partial charge in [0, 0.05) is 60.8 Å². The van der Waals surface area contributed by atoms with Gasteiger partial charge in [-0.05, 0) is 30.7 Å². The lowest BCUT2D eigenvalue weighted by atomic mass is 10.1. The average Bonchev–Trinajstić information content (AvgIpc) is 3.22. The molecule has 0 atom stereocenters. The number of amides is 1. The van der Waals surface area contributed by atoms with Crippen LogP contribution in [0.25, 0.3) is 33.3 Å². The SMILES string of the molecule is Cn1cc(-c2cc3nccnc3[nH]2)c2cc(C(=O)NCCCO)ccc21. The van der Waals surface area contributed by atoms with Crippen molar-refractivity contribution in [3.05, 3.63) is 48.4 Å². The van der Waals surface area contributed by atoms with Gasteiger partial charge in [0.2, 0.25) is 0 Å². The minimum Gasteiger partial charge on any atom is -0.396 e. The molecule has 3 heterocycles. The van der Waals surface area contributed by atoms with Crippen LogP contribution in [0.5, 0.6) is 0 Å². The molecule has 0 saturated carbocycles. The van der Waals surface area contributed by atoms with E-state index in [1.165, 1.54) is 0 Å². The summed E-state index contributed by atoms with van der Waals surface area (Å²) < 4.78 is 2.03. The summed E-state index contributed by atoms with van der Waals surface area (Å²) in [5.41, 5.74) is 5.07. The highest BCUT2D eigenvalue weighted by atomic mass is 16.3. The number of hydrogen-bond acceptors (Lipinski definition) is 4. The van der Waals surface area contributed by atoms with E-state index < -0.39 is 0 Å². The molecule has 0 spiro atoms. The Kier molecular flexibility index (Phi) is 4.14. The fourth-order valence-electron chi connectivity index (χ4n) is 3.13. The van der Waals surface area contributed by atoms with Crippen LogP contribution < -0.4 is 5.32 Å². The molecule has 0 aliphatic carbocycles. The van der Waals surface area contributed by atoms with E-state index in [0.29, 0.717) is 18.5 Å². The monoisotopic (exact) mass is 349 g/mol. The molecule has 3 N–H and O–H groups in total. The zero-order chi connectivity index (χ0) is 18.1. The third-order valence-electron chi connectivity index (χ3n) is 4.42. The Morgan fingerprint density at radius 2 is 2.12 bits per heavy atom. The van der Waals surface area contributed by atoms with Gasteiger partial charge in [0.05, 0.1) is 5.69 Å². The molecule has 0 bridgehead atoms. The molecular formula is C19H19N5O2. The molecule has 0 aliphatic rings. The van der Waals surface area contributed by atoms with Gasteiger partial charge in [-0.25, -0.2) is 4.98 Å². The van der Waals surface area contributed by atoms with E-state index in [0.717, 1.165) is 33.3 Å². The highest BCUT2D eigenvalue weighted by Gasteiger charge is 2.14. The molecule has 4 rings (SSSR count). The van der Waals surface area contributed by atoms with Crippen LogP contribution in [0.2, 0.25) is 0 Å². The summed E-state index contributed by atoms with van der Waals surface area (Å²) in [6.45, 7) is 0.513. The summed E-state index contributed by atoms with van der Waals surface area (Å²) in [4.78, 5) is 24.2. The van der Waals surface area contributed by atoms with Crippen LogP contribution in [0.15, 0.2) is 42.9 Å². The Labute approximate surface area is 149 Å². The van der Waals surface area contributed by atoms with Crippen molar-refractivity contribution < 1.29 is 9.90 Å². The van der Waals surface area contributed by atoms with Gasteiger partial charge < -0.3 is 20.0 Å². The van der Waals surface area contributed by atoms with Crippen molar-refractivity contribution in [3.63, 3.8) is 0 Å². The number of H-pyrrole nitrogens is 1. The van der Waals surface area contributed by atoms with Crippen LogP contribution in [-0.2, 0) is 7.05 Å². The lowest BCUT2D eigenvalue weighted by Crippen LogP contribution is -2.24. The highest BCUT2D eigenvalue weighted by Crippen LogP contribution is 2.31. The number of hydrogen-bond donors (Lipinski definition) is 3. The van der Waals surface area contributed by atoms with Gasteiger partial charge in [0.25, 0.3) is 5.91 Å². The minimum atomic E-state index is -0.143. The predicted molar refractivity (Wildman–Crippen MR) is 99.8 cm³/mol. The van der Waals surface area contributed by atoms with Crippen molar-refractivity contribution >= 4 is 28.0 Å². The quantitative estimate of drug-likeness (QED) is 0.482. The van der Waals surface area contributed by atoms with Crippen molar-refractivity contribution in [3.8, 4) is 11.3 Å². The third kappa shape index (κ3) is 2.82. The zero-order valence-corrected chi connectivity index (χ0v) is 14.4. The highest BCUT2D eigenvalue weighted by molar-refractivity contribution is 6.03. The van der Waals surface area contributed by atoms with Crippen molar-refractivity contribution in [2.24, 2.45) is 7.05 Å². The fourth-order valence-corrected chi connectivity index (χ4v) is 3.13. The molecule has 3 aromatic heterocycles. The van der Waals surface area contributed by atoms with Crippen LogP contribution in [0.3, 0.4) is 0 Å². The van der Waals surface area contributed by atoms with Crippen LogP contribution in [0.1, 0.15) is 16.8 Å². The summed E-state index contributed by atoms with van der Waals surface area (Å²) in [5, 5.41) is 12.6. The van der Waals surface area contributed by atoms with Crippen molar-refractivity contribution in [2.75, 3.05) is 13.2 Å². The van der Waals surface area contributed by atoms with E-state index in [2.05, 4.69) is 20.3 Å². The van der Waals surface area contributed by atoms with Gasteiger partial charge in [0.1, 0.15) is 5.52 Å². The number of aryl methyl sites for hydroxylation is 1. The predicted octanol–water partition coefficient (Wildman–Crippen LogP) is 2.23. The lowest BCUT2D eigenvalue weighted by Gasteiger charge is -2.05. The van der Waals surface area contributed by atoms with E-state index in [1.54, 1.807) is 12.4 Å². The molecule has 7 heteroatoms. The van der Waals surface area contributed by atoms with Crippen LogP contribution in [-0.4, -0.2) is 43.7 Å². The molecule has 132 valence electrons. The van der Waals surface area contributed by atoms with Gasteiger partial charge in [-0.2, -0.15) is 0 Å². The molecular weight excluding hydrogens is 330 g/mol. The number of aliphatic hydroxyl groups excluding tert-OH is 1. The number of fused-ring (bicyclic) bond motifs is 2. The number of rotatable bonds is 5. The largest absolute Gasteiger partial charge is 0.396 e. The Balaban J connectivity index is 1.77. The number of aliphatic hydroxyl groups is 1. The molecule has 4 aromatic rings. The maximum Gasteiger partial charge on any atom is 0.251 e. The fraction of sp³-hybridized carbons (Fsp3) is 0.211. The van der Waals surface area contributed by atoms with Crippen LogP contribution in [0, 0.1) is 0 Å². The normalized spacial score (nSPS) is 11.3. The van der Waals surface area contributed by atoms with Crippen LogP contribution in [0.4, 0.5) is 0 Å². The van der Waals surface area contributed by atoms with Crippen molar-refractivity contribution in [1.29, 1.82) is 0 Å². The third-order valence-corrected chi connectivity index (χ3v) is 4.42. The van der Waals surface area contributed by atoms with Crippen molar-refractivity contribution in [2.45, 2.75) is 6.42 Å². The first-order chi connectivity index (χ1) is 12.7. The lowest BCUT2D eigenvalue weighted by molar-refractivity contribution is 0.0951. The first-order valence-electron chi connectivity index (χ1n) is 8.45. The van der Waals surface area contributed by atoms with Crippen molar-refractivity contribution in [1.82, 2.24) is 24.8 Å². The zero-order valence-electron chi connectivity index (χ0n) is 14.4. The number of aromatic amines is 1. The van der Waals surface area contributed by atoms with Gasteiger partial charge in [-0.3, -0.25) is 9.78 Å². The molecule has 7 nitrogen and oxygen atoms in total.